The maximum atomic E-state index is 12.1. The highest BCUT2D eigenvalue weighted by atomic mass is 16.5. The van der Waals surface area contributed by atoms with E-state index in [2.05, 4.69) is 24.0 Å². The summed E-state index contributed by atoms with van der Waals surface area (Å²) in [5, 5.41) is 5.79. The molecule has 7 heteroatoms. The van der Waals surface area contributed by atoms with E-state index >= 15 is 0 Å². The summed E-state index contributed by atoms with van der Waals surface area (Å²) in [6, 6.07) is 5.64. The highest BCUT2D eigenvalue weighted by Gasteiger charge is 2.12. The average molecular weight is 305 g/mol. The van der Waals surface area contributed by atoms with Crippen LogP contribution in [0.2, 0.25) is 0 Å². The van der Waals surface area contributed by atoms with E-state index in [9.17, 15) is 9.59 Å². The molecule has 1 aromatic heterocycles. The third-order valence-corrected chi connectivity index (χ3v) is 3.38. The van der Waals surface area contributed by atoms with Gasteiger partial charge in [-0.05, 0) is 23.1 Å². The maximum Gasteiger partial charge on any atom is 0.345 e. The molecule has 2 aromatic rings. The van der Waals surface area contributed by atoms with Gasteiger partial charge in [-0.3, -0.25) is 9.36 Å². The Kier molecular flexibility index (Phi) is 4.65. The van der Waals surface area contributed by atoms with E-state index < -0.39 is 11.2 Å². The van der Waals surface area contributed by atoms with Gasteiger partial charge in [-0.2, -0.15) is 0 Å². The number of nitrogens with zero attached hydrogens (tertiary/aromatic N) is 2. The van der Waals surface area contributed by atoms with Gasteiger partial charge in [0.05, 0.1) is 20.8 Å². The Balaban J connectivity index is 2.44. The number of methoxy groups -OCH3 is 2. The van der Waals surface area contributed by atoms with Crippen LogP contribution in [0.15, 0.2) is 27.8 Å². The molecule has 0 saturated carbocycles. The number of hydrogen-bond donors (Lipinski definition) is 1. The summed E-state index contributed by atoms with van der Waals surface area (Å²) in [7, 11) is 2.92. The first-order valence-corrected chi connectivity index (χ1v) is 6.88. The number of nitrogens with one attached hydrogen (secondary N) is 1. The predicted octanol–water partition coefficient (Wildman–Crippen LogP) is 1.12. The summed E-state index contributed by atoms with van der Waals surface area (Å²) in [6.45, 7) is 4.25. The largest absolute Gasteiger partial charge is 0.496 e. The Bertz CT molecular complexity index is 777. The minimum Gasteiger partial charge on any atom is -0.496 e. The minimum atomic E-state index is -0.585. The third-order valence-electron chi connectivity index (χ3n) is 3.38. The zero-order chi connectivity index (χ0) is 16.3. The smallest absolute Gasteiger partial charge is 0.345 e. The Morgan fingerprint density at radius 1 is 1.23 bits per heavy atom. The number of H-pyrrole nitrogens is 1. The number of benzene rings is 1. The Morgan fingerprint density at radius 3 is 2.55 bits per heavy atom. The Labute approximate surface area is 127 Å². The summed E-state index contributed by atoms with van der Waals surface area (Å²) >= 11 is 0. The summed E-state index contributed by atoms with van der Waals surface area (Å²) in [4.78, 5) is 23.9. The van der Waals surface area contributed by atoms with E-state index in [-0.39, 0.29) is 12.4 Å². The van der Waals surface area contributed by atoms with E-state index in [0.29, 0.717) is 5.92 Å². The van der Waals surface area contributed by atoms with Crippen molar-refractivity contribution in [1.29, 1.82) is 0 Å². The molecule has 1 heterocycles. The molecule has 0 unspecified atom stereocenters. The lowest BCUT2D eigenvalue weighted by molar-refractivity contribution is 0.374. The lowest BCUT2D eigenvalue weighted by Crippen LogP contribution is -2.36. The van der Waals surface area contributed by atoms with Gasteiger partial charge in [0.1, 0.15) is 5.75 Å². The fourth-order valence-corrected chi connectivity index (χ4v) is 2.20. The number of hydrogen-bond acceptors (Lipinski definition) is 5. The van der Waals surface area contributed by atoms with Crippen LogP contribution in [0.3, 0.4) is 0 Å². The Morgan fingerprint density at radius 2 is 1.95 bits per heavy atom. The molecular formula is C15H19N3O4. The summed E-state index contributed by atoms with van der Waals surface area (Å²) in [6.07, 6.45) is 0. The van der Waals surface area contributed by atoms with Crippen LogP contribution in [0, 0.1) is 0 Å². The first-order chi connectivity index (χ1) is 10.5. The fourth-order valence-electron chi connectivity index (χ4n) is 2.20. The maximum absolute atomic E-state index is 12.1. The van der Waals surface area contributed by atoms with Crippen LogP contribution >= 0.6 is 0 Å². The van der Waals surface area contributed by atoms with E-state index in [0.717, 1.165) is 21.4 Å². The van der Waals surface area contributed by atoms with Crippen LogP contribution in [-0.4, -0.2) is 29.0 Å². The van der Waals surface area contributed by atoms with Crippen molar-refractivity contribution >= 4 is 0 Å². The molecule has 0 aliphatic carbocycles. The van der Waals surface area contributed by atoms with Gasteiger partial charge in [-0.15, -0.1) is 5.10 Å². The molecule has 0 saturated heterocycles. The van der Waals surface area contributed by atoms with Gasteiger partial charge in [-0.25, -0.2) is 9.89 Å². The second-order valence-corrected chi connectivity index (χ2v) is 5.16. The quantitative estimate of drug-likeness (QED) is 0.894. The second-order valence-electron chi connectivity index (χ2n) is 5.16. The molecule has 1 aromatic carbocycles. The normalized spacial score (nSPS) is 10.8. The van der Waals surface area contributed by atoms with Gasteiger partial charge in [0, 0.05) is 0 Å². The molecule has 0 atom stereocenters. The standard InChI is InChI=1S/C15H19N3O4/c1-9(2)11-6-5-10(7-12(11)21-3)8-18-14(19)13(22-4)16-17-15(18)20/h5-7,9H,8H2,1-4H3,(H,17,20). The van der Waals surface area contributed by atoms with Gasteiger partial charge in [0.2, 0.25) is 0 Å². The highest BCUT2D eigenvalue weighted by molar-refractivity contribution is 5.39. The van der Waals surface area contributed by atoms with Crippen LogP contribution in [0.25, 0.3) is 0 Å². The number of rotatable bonds is 5. The summed E-state index contributed by atoms with van der Waals surface area (Å²) in [5.74, 6) is 0.902. The van der Waals surface area contributed by atoms with Gasteiger partial charge >= 0.3 is 11.2 Å². The van der Waals surface area contributed by atoms with Crippen LogP contribution in [0.5, 0.6) is 11.6 Å². The monoisotopic (exact) mass is 305 g/mol. The predicted molar refractivity (Wildman–Crippen MR) is 81.9 cm³/mol. The van der Waals surface area contributed by atoms with Crippen molar-refractivity contribution in [3.8, 4) is 11.6 Å². The molecule has 2 rings (SSSR count). The zero-order valence-electron chi connectivity index (χ0n) is 13.0. The first-order valence-electron chi connectivity index (χ1n) is 6.88. The van der Waals surface area contributed by atoms with Crippen LogP contribution in [-0.2, 0) is 6.54 Å². The number of aromatic nitrogens is 3. The minimum absolute atomic E-state index is 0.113. The molecule has 0 fully saturated rings. The van der Waals surface area contributed by atoms with E-state index in [1.807, 2.05) is 18.2 Å². The molecule has 7 nitrogen and oxygen atoms in total. The lowest BCUT2D eigenvalue weighted by Gasteiger charge is -2.13. The van der Waals surface area contributed by atoms with E-state index in [4.69, 9.17) is 9.47 Å². The number of aromatic amines is 1. The van der Waals surface area contributed by atoms with Crippen molar-refractivity contribution in [2.45, 2.75) is 26.3 Å². The van der Waals surface area contributed by atoms with Crippen molar-refractivity contribution in [2.24, 2.45) is 0 Å². The topological polar surface area (TPSA) is 86.2 Å². The van der Waals surface area contributed by atoms with Crippen molar-refractivity contribution in [2.75, 3.05) is 14.2 Å². The molecule has 118 valence electrons. The van der Waals surface area contributed by atoms with E-state index in [1.165, 1.54) is 7.11 Å². The first kappa shape index (κ1) is 15.8. The van der Waals surface area contributed by atoms with Crippen molar-refractivity contribution < 1.29 is 9.47 Å². The molecule has 0 bridgehead atoms. The highest BCUT2D eigenvalue weighted by Crippen LogP contribution is 2.27. The van der Waals surface area contributed by atoms with Crippen LogP contribution in [0.4, 0.5) is 0 Å². The average Bonchev–Trinajstić information content (AvgIpc) is 2.51. The van der Waals surface area contributed by atoms with Gasteiger partial charge < -0.3 is 9.47 Å². The van der Waals surface area contributed by atoms with Crippen LogP contribution in [0.1, 0.15) is 30.9 Å². The molecule has 0 radical (unpaired) electrons. The van der Waals surface area contributed by atoms with Crippen molar-refractivity contribution in [3.05, 3.63) is 50.2 Å². The lowest BCUT2D eigenvalue weighted by atomic mass is 10.0. The zero-order valence-corrected chi connectivity index (χ0v) is 13.0. The van der Waals surface area contributed by atoms with Gasteiger partial charge in [0.15, 0.2) is 0 Å². The molecule has 0 amide bonds. The molecule has 1 N–H and O–H groups in total. The molecule has 0 aliphatic heterocycles. The van der Waals surface area contributed by atoms with Crippen molar-refractivity contribution in [3.63, 3.8) is 0 Å². The molecule has 0 aliphatic rings. The second kappa shape index (κ2) is 6.46. The van der Waals surface area contributed by atoms with Gasteiger partial charge in [-0.1, -0.05) is 26.0 Å². The Hall–Kier alpha value is -2.57. The summed E-state index contributed by atoms with van der Waals surface area (Å²) < 4.78 is 11.3. The molecule has 0 spiro atoms. The SMILES string of the molecule is COc1cc(Cn2c(=O)[nH]nc(OC)c2=O)ccc1C(C)C. The number of ether oxygens (including phenoxy) is 2. The van der Waals surface area contributed by atoms with E-state index in [1.54, 1.807) is 7.11 Å². The fraction of sp³-hybridized carbons (Fsp3) is 0.400. The van der Waals surface area contributed by atoms with Crippen LogP contribution < -0.4 is 20.7 Å². The van der Waals surface area contributed by atoms with Gasteiger partial charge in [0.25, 0.3) is 5.88 Å². The van der Waals surface area contributed by atoms with Crippen molar-refractivity contribution in [1.82, 2.24) is 14.8 Å². The summed E-state index contributed by atoms with van der Waals surface area (Å²) in [5.41, 5.74) is 0.692. The molecular weight excluding hydrogens is 286 g/mol. The third kappa shape index (κ3) is 3.03. The molecule has 22 heavy (non-hydrogen) atoms.